The molecule has 0 saturated carbocycles. The van der Waals surface area contributed by atoms with Gasteiger partial charge in [0.05, 0.1) is 17.4 Å². The number of piperidine rings is 1. The van der Waals surface area contributed by atoms with Gasteiger partial charge in [-0.15, -0.1) is 0 Å². The van der Waals surface area contributed by atoms with E-state index in [0.717, 1.165) is 5.70 Å². The number of amides is 1. The third-order valence-corrected chi connectivity index (χ3v) is 6.94. The van der Waals surface area contributed by atoms with Gasteiger partial charge in [0, 0.05) is 59.4 Å². The molecule has 1 aromatic rings. The molecule has 0 N–H and O–H groups in total. The van der Waals surface area contributed by atoms with Gasteiger partial charge in [0.15, 0.2) is 11.6 Å². The number of allylic oxidation sites excluding steroid dienone is 1. The van der Waals surface area contributed by atoms with Gasteiger partial charge in [0.1, 0.15) is 12.3 Å². The van der Waals surface area contributed by atoms with Crippen molar-refractivity contribution in [2.75, 3.05) is 53.9 Å². The summed E-state index contributed by atoms with van der Waals surface area (Å²) < 4.78 is 40.7. The van der Waals surface area contributed by atoms with E-state index in [1.165, 1.54) is 12.1 Å². The van der Waals surface area contributed by atoms with Crippen molar-refractivity contribution < 1.29 is 23.0 Å². The minimum Gasteiger partial charge on any atom is -0.488 e. The Morgan fingerprint density at radius 2 is 1.92 bits per heavy atom. The van der Waals surface area contributed by atoms with Gasteiger partial charge >= 0.3 is 0 Å². The van der Waals surface area contributed by atoms with Gasteiger partial charge in [-0.2, -0.15) is 0 Å². The molecule has 0 radical (unpaired) electrons. The fourth-order valence-corrected chi connectivity index (χ4v) is 5.10. The summed E-state index contributed by atoms with van der Waals surface area (Å²) in [6, 6.07) is 4.37. The molecule has 2 heterocycles. The van der Waals surface area contributed by atoms with E-state index in [1.807, 2.05) is 58.0 Å². The predicted octanol–water partition coefficient (Wildman–Crippen LogP) is 3.96. The van der Waals surface area contributed by atoms with Crippen LogP contribution in [0.4, 0.5) is 8.78 Å². The topological polar surface area (TPSA) is 48.5 Å². The Morgan fingerprint density at radius 3 is 2.44 bits per heavy atom. The number of carbonyl (C=O) groups excluding carboxylic acids is 1. The quantitative estimate of drug-likeness (QED) is 0.496. The second kappa shape index (κ2) is 11.9. The number of rotatable bonds is 8. The molecule has 0 bridgehead atoms. The standard InChI is InChI=1S/C27H42F2N4O3/c1-8-23(31(7)30(5)6)25-17-32(16-20(4)28)18-27(36-25)11-13-33(14-12-27)26(34)21-9-10-24(22(29)15-21)35-19(2)3/h8-10,15,19-20,25H,11-14,16-18H2,1-7H3/b23-8-. The molecule has 0 aromatic heterocycles. The zero-order chi connectivity index (χ0) is 26.6. The molecule has 1 amide bonds. The molecule has 2 fully saturated rings. The van der Waals surface area contributed by atoms with Crippen LogP contribution in [0.3, 0.4) is 0 Å². The van der Waals surface area contributed by atoms with Crippen molar-refractivity contribution in [3.63, 3.8) is 0 Å². The van der Waals surface area contributed by atoms with Crippen LogP contribution in [0.15, 0.2) is 30.0 Å². The summed E-state index contributed by atoms with van der Waals surface area (Å²) in [4.78, 5) is 17.0. The van der Waals surface area contributed by atoms with E-state index in [9.17, 15) is 13.6 Å². The van der Waals surface area contributed by atoms with E-state index in [1.54, 1.807) is 17.9 Å². The summed E-state index contributed by atoms with van der Waals surface area (Å²) in [5, 5.41) is 4.03. The van der Waals surface area contributed by atoms with Crippen LogP contribution in [-0.2, 0) is 4.74 Å². The number of likely N-dealkylation sites (tertiary alicyclic amines) is 1. The molecule has 0 aliphatic carbocycles. The molecule has 2 aliphatic rings. The van der Waals surface area contributed by atoms with Gasteiger partial charge in [-0.1, -0.05) is 6.08 Å². The maximum Gasteiger partial charge on any atom is 0.253 e. The van der Waals surface area contributed by atoms with Crippen LogP contribution in [0.25, 0.3) is 0 Å². The molecular weight excluding hydrogens is 466 g/mol. The lowest BCUT2D eigenvalue weighted by Gasteiger charge is -2.51. The van der Waals surface area contributed by atoms with Crippen molar-refractivity contribution in [1.82, 2.24) is 19.8 Å². The number of nitrogens with zero attached hydrogens (tertiary/aromatic N) is 4. The van der Waals surface area contributed by atoms with Gasteiger partial charge in [-0.3, -0.25) is 9.69 Å². The Kier molecular flexibility index (Phi) is 9.35. The smallest absolute Gasteiger partial charge is 0.253 e. The molecule has 1 spiro atoms. The first kappa shape index (κ1) is 28.3. The number of halogens is 2. The van der Waals surface area contributed by atoms with Crippen molar-refractivity contribution in [3.05, 3.63) is 41.4 Å². The van der Waals surface area contributed by atoms with Crippen molar-refractivity contribution in [2.45, 2.75) is 64.5 Å². The number of ether oxygens (including phenoxy) is 2. The first-order chi connectivity index (χ1) is 16.9. The highest BCUT2D eigenvalue weighted by atomic mass is 19.1. The normalized spacial score (nSPS) is 21.8. The van der Waals surface area contributed by atoms with E-state index >= 15 is 0 Å². The van der Waals surface area contributed by atoms with Gasteiger partial charge < -0.3 is 19.4 Å². The molecule has 7 nitrogen and oxygen atoms in total. The lowest BCUT2D eigenvalue weighted by Crippen LogP contribution is -2.62. The molecule has 1 aromatic carbocycles. The molecule has 2 aliphatic heterocycles. The van der Waals surface area contributed by atoms with Crippen molar-refractivity contribution >= 4 is 5.91 Å². The number of likely N-dealkylation sites (N-methyl/N-ethyl adjacent to an activating group) is 1. The maximum absolute atomic E-state index is 14.5. The van der Waals surface area contributed by atoms with Gasteiger partial charge in [0.25, 0.3) is 5.91 Å². The van der Waals surface area contributed by atoms with Crippen molar-refractivity contribution in [2.24, 2.45) is 0 Å². The average Bonchev–Trinajstić information content (AvgIpc) is 2.80. The SMILES string of the molecule is C/C=C(/C1CN(CC(C)F)CC2(CCN(C(=O)c3ccc(OC(C)C)c(F)c3)CC2)O1)N(C)N(C)C. The van der Waals surface area contributed by atoms with Crippen LogP contribution >= 0.6 is 0 Å². The fourth-order valence-electron chi connectivity index (χ4n) is 5.10. The number of morpholine rings is 1. The monoisotopic (exact) mass is 508 g/mol. The minimum absolute atomic E-state index is 0.144. The second-order valence-electron chi connectivity index (χ2n) is 10.5. The lowest BCUT2D eigenvalue weighted by molar-refractivity contribution is -0.172. The predicted molar refractivity (Wildman–Crippen MR) is 137 cm³/mol. The Balaban J connectivity index is 1.73. The number of carbonyl (C=O) groups is 1. The zero-order valence-electron chi connectivity index (χ0n) is 22.8. The van der Waals surface area contributed by atoms with Crippen molar-refractivity contribution in [3.8, 4) is 5.75 Å². The third-order valence-electron chi connectivity index (χ3n) is 6.94. The highest BCUT2D eigenvalue weighted by Gasteiger charge is 2.45. The third kappa shape index (κ3) is 6.75. The van der Waals surface area contributed by atoms with Gasteiger partial charge in [0.2, 0.25) is 0 Å². The number of hydrazine groups is 1. The largest absolute Gasteiger partial charge is 0.488 e. The molecule has 202 valence electrons. The van der Waals surface area contributed by atoms with Crippen LogP contribution in [0.5, 0.6) is 5.75 Å². The number of hydrogen-bond acceptors (Lipinski definition) is 6. The summed E-state index contributed by atoms with van der Waals surface area (Å²) in [6.45, 7) is 9.78. The molecule has 2 unspecified atom stereocenters. The zero-order valence-corrected chi connectivity index (χ0v) is 22.8. The number of benzene rings is 1. The van der Waals surface area contributed by atoms with E-state index in [-0.39, 0.29) is 23.9 Å². The van der Waals surface area contributed by atoms with E-state index in [2.05, 4.69) is 4.90 Å². The number of alkyl halides is 1. The molecule has 3 rings (SSSR count). The maximum atomic E-state index is 14.5. The highest BCUT2D eigenvalue weighted by molar-refractivity contribution is 5.94. The van der Waals surface area contributed by atoms with Crippen LogP contribution < -0.4 is 4.74 Å². The summed E-state index contributed by atoms with van der Waals surface area (Å²) in [5.74, 6) is -0.602. The Hall–Kier alpha value is -2.23. The van der Waals surface area contributed by atoms with Crippen LogP contribution in [0.1, 0.15) is 50.9 Å². The summed E-state index contributed by atoms with van der Waals surface area (Å²) in [6.07, 6.45) is 2.00. The molecule has 9 heteroatoms. The van der Waals surface area contributed by atoms with E-state index in [0.29, 0.717) is 51.1 Å². The van der Waals surface area contributed by atoms with Gasteiger partial charge in [-0.05, 0) is 58.7 Å². The second-order valence-corrected chi connectivity index (χ2v) is 10.5. The van der Waals surface area contributed by atoms with E-state index < -0.39 is 17.6 Å². The Morgan fingerprint density at radius 1 is 1.25 bits per heavy atom. The minimum atomic E-state index is -0.944. The first-order valence-corrected chi connectivity index (χ1v) is 12.8. The highest BCUT2D eigenvalue weighted by Crippen LogP contribution is 2.35. The van der Waals surface area contributed by atoms with Crippen LogP contribution in [-0.4, -0.2) is 104 Å². The van der Waals surface area contributed by atoms with Crippen LogP contribution in [0, 0.1) is 5.82 Å². The molecule has 2 atom stereocenters. The summed E-state index contributed by atoms with van der Waals surface area (Å²) >= 11 is 0. The summed E-state index contributed by atoms with van der Waals surface area (Å²) in [5.41, 5.74) is 0.850. The van der Waals surface area contributed by atoms with Crippen molar-refractivity contribution in [1.29, 1.82) is 0 Å². The lowest BCUT2D eigenvalue weighted by atomic mass is 9.87. The number of hydrogen-bond donors (Lipinski definition) is 0. The average molecular weight is 509 g/mol. The van der Waals surface area contributed by atoms with Crippen LogP contribution in [0.2, 0.25) is 0 Å². The molecule has 2 saturated heterocycles. The summed E-state index contributed by atoms with van der Waals surface area (Å²) in [7, 11) is 5.93. The van der Waals surface area contributed by atoms with E-state index in [4.69, 9.17) is 9.47 Å². The Labute approximate surface area is 214 Å². The molecule has 36 heavy (non-hydrogen) atoms. The molecular formula is C27H42F2N4O3. The first-order valence-electron chi connectivity index (χ1n) is 12.8. The fraction of sp³-hybridized carbons (Fsp3) is 0.667. The Bertz CT molecular complexity index is 930. The van der Waals surface area contributed by atoms with Gasteiger partial charge in [-0.25, -0.2) is 13.8 Å².